The summed E-state index contributed by atoms with van der Waals surface area (Å²) < 4.78 is 33.7. The van der Waals surface area contributed by atoms with E-state index >= 15 is 0 Å². The highest BCUT2D eigenvalue weighted by atomic mass is 32.1. The van der Waals surface area contributed by atoms with Crippen LogP contribution in [0.4, 0.5) is 13.9 Å². The molecule has 1 unspecified atom stereocenters. The fourth-order valence-electron chi connectivity index (χ4n) is 3.23. The average molecular weight is 388 g/mol. The maximum atomic E-state index is 14.1. The minimum absolute atomic E-state index is 0.0748. The van der Waals surface area contributed by atoms with Gasteiger partial charge in [-0.1, -0.05) is 29.0 Å². The highest BCUT2D eigenvalue weighted by Crippen LogP contribution is 2.32. The second-order valence-corrected chi connectivity index (χ2v) is 7.66. The van der Waals surface area contributed by atoms with Crippen LogP contribution in [0, 0.1) is 18.6 Å². The Morgan fingerprint density at radius 3 is 2.93 bits per heavy atom. The van der Waals surface area contributed by atoms with Crippen molar-refractivity contribution < 1.29 is 18.3 Å². The van der Waals surface area contributed by atoms with Gasteiger partial charge in [0.2, 0.25) is 0 Å². The molecule has 0 radical (unpaired) electrons. The van der Waals surface area contributed by atoms with E-state index in [4.69, 9.17) is 4.74 Å². The van der Waals surface area contributed by atoms with Gasteiger partial charge in [-0.3, -0.25) is 9.69 Å². The first-order chi connectivity index (χ1) is 13.0. The lowest BCUT2D eigenvalue weighted by molar-refractivity contribution is 0.0917. The standard InChI is InChI=1S/C20H18F2N2O2S/c1-12-4-2-5-13(8-12)19(25)24(11-15-6-3-7-26-15)20-23-18-16(22)9-14(21)10-17(18)27-20/h2,4-5,8-10,15H,3,6-7,11H2,1H3. The number of benzene rings is 2. The number of hydrogen-bond acceptors (Lipinski definition) is 4. The molecule has 1 atom stereocenters. The Balaban J connectivity index is 1.75. The minimum atomic E-state index is -0.729. The summed E-state index contributed by atoms with van der Waals surface area (Å²) in [5.74, 6) is -1.62. The van der Waals surface area contributed by atoms with Crippen molar-refractivity contribution in [3.8, 4) is 0 Å². The predicted molar refractivity (Wildman–Crippen MR) is 101 cm³/mol. The van der Waals surface area contributed by atoms with Crippen molar-refractivity contribution in [2.45, 2.75) is 25.9 Å². The van der Waals surface area contributed by atoms with Crippen molar-refractivity contribution in [1.82, 2.24) is 4.98 Å². The number of rotatable bonds is 4. The molecule has 140 valence electrons. The van der Waals surface area contributed by atoms with Crippen LogP contribution < -0.4 is 4.90 Å². The smallest absolute Gasteiger partial charge is 0.260 e. The molecule has 1 fully saturated rings. The first-order valence-electron chi connectivity index (χ1n) is 8.77. The molecule has 0 N–H and O–H groups in total. The number of aromatic nitrogens is 1. The van der Waals surface area contributed by atoms with Crippen molar-refractivity contribution in [2.75, 3.05) is 18.1 Å². The van der Waals surface area contributed by atoms with Crippen LogP contribution in [0.1, 0.15) is 28.8 Å². The van der Waals surface area contributed by atoms with Gasteiger partial charge in [-0.25, -0.2) is 13.8 Å². The van der Waals surface area contributed by atoms with Crippen molar-refractivity contribution in [3.63, 3.8) is 0 Å². The summed E-state index contributed by atoms with van der Waals surface area (Å²) in [6, 6.07) is 9.32. The predicted octanol–water partition coefficient (Wildman–Crippen LogP) is 4.71. The van der Waals surface area contributed by atoms with Gasteiger partial charge in [0.25, 0.3) is 5.91 Å². The Morgan fingerprint density at radius 1 is 1.33 bits per heavy atom. The van der Waals surface area contributed by atoms with Crippen LogP contribution in [-0.2, 0) is 4.74 Å². The monoisotopic (exact) mass is 388 g/mol. The minimum Gasteiger partial charge on any atom is -0.376 e. The van der Waals surface area contributed by atoms with Crippen LogP contribution >= 0.6 is 11.3 Å². The van der Waals surface area contributed by atoms with Crippen molar-refractivity contribution >= 4 is 32.6 Å². The third-order valence-electron chi connectivity index (χ3n) is 4.55. The normalized spacial score (nSPS) is 16.8. The first kappa shape index (κ1) is 18.0. The number of halogens is 2. The molecule has 4 rings (SSSR count). The van der Waals surface area contributed by atoms with Gasteiger partial charge in [-0.05, 0) is 38.0 Å². The first-order valence-corrected chi connectivity index (χ1v) is 9.58. The van der Waals surface area contributed by atoms with E-state index in [1.165, 1.54) is 11.0 Å². The highest BCUT2D eigenvalue weighted by Gasteiger charge is 2.27. The number of amides is 1. The number of carbonyl (C=O) groups excluding carboxylic acids is 1. The Morgan fingerprint density at radius 2 is 2.19 bits per heavy atom. The maximum Gasteiger partial charge on any atom is 0.260 e. The molecule has 0 bridgehead atoms. The van der Waals surface area contributed by atoms with E-state index in [2.05, 4.69) is 4.98 Å². The van der Waals surface area contributed by atoms with Crippen LogP contribution in [0.15, 0.2) is 36.4 Å². The molecule has 0 spiro atoms. The lowest BCUT2D eigenvalue weighted by Gasteiger charge is -2.23. The second-order valence-electron chi connectivity index (χ2n) is 6.65. The number of aryl methyl sites for hydroxylation is 1. The zero-order valence-corrected chi connectivity index (χ0v) is 15.6. The van der Waals surface area contributed by atoms with Crippen LogP contribution in [-0.4, -0.2) is 30.1 Å². The van der Waals surface area contributed by atoms with E-state index in [1.807, 2.05) is 19.1 Å². The van der Waals surface area contributed by atoms with Gasteiger partial charge in [0.1, 0.15) is 11.3 Å². The molecule has 2 heterocycles. The van der Waals surface area contributed by atoms with Gasteiger partial charge in [-0.15, -0.1) is 0 Å². The number of ether oxygens (including phenoxy) is 1. The Labute approximate surface area is 159 Å². The van der Waals surface area contributed by atoms with E-state index in [0.29, 0.717) is 28.5 Å². The third kappa shape index (κ3) is 3.70. The van der Waals surface area contributed by atoms with Crippen LogP contribution in [0.5, 0.6) is 0 Å². The Kier molecular flexibility index (Phi) is 4.88. The Bertz CT molecular complexity index is 999. The van der Waals surface area contributed by atoms with E-state index < -0.39 is 11.6 Å². The number of carbonyl (C=O) groups is 1. The van der Waals surface area contributed by atoms with Gasteiger partial charge in [0.05, 0.1) is 17.3 Å². The SMILES string of the molecule is Cc1cccc(C(=O)N(CC2CCCO2)c2nc3c(F)cc(F)cc3s2)c1. The molecule has 1 aliphatic heterocycles. The fourth-order valence-corrected chi connectivity index (χ4v) is 4.25. The summed E-state index contributed by atoms with van der Waals surface area (Å²) in [7, 11) is 0. The van der Waals surface area contributed by atoms with Crippen LogP contribution in [0.3, 0.4) is 0 Å². The summed E-state index contributed by atoms with van der Waals surface area (Å²) in [5, 5.41) is 0.344. The number of thiazole rings is 1. The largest absolute Gasteiger partial charge is 0.376 e. The molecule has 3 aromatic rings. The molecule has 1 aliphatic rings. The van der Waals surface area contributed by atoms with Gasteiger partial charge >= 0.3 is 0 Å². The van der Waals surface area contributed by atoms with Gasteiger partial charge in [0.15, 0.2) is 10.9 Å². The molecule has 4 nitrogen and oxygen atoms in total. The zero-order valence-electron chi connectivity index (χ0n) is 14.7. The Hall–Kier alpha value is -2.38. The molecule has 0 aliphatic carbocycles. The van der Waals surface area contributed by atoms with Crippen LogP contribution in [0.25, 0.3) is 10.2 Å². The van der Waals surface area contributed by atoms with Crippen LogP contribution in [0.2, 0.25) is 0 Å². The summed E-state index contributed by atoms with van der Waals surface area (Å²) in [6.07, 6.45) is 1.70. The molecule has 27 heavy (non-hydrogen) atoms. The van der Waals surface area contributed by atoms with Crippen molar-refractivity contribution in [2.24, 2.45) is 0 Å². The second kappa shape index (κ2) is 7.32. The van der Waals surface area contributed by atoms with Gasteiger partial charge in [0, 0.05) is 18.2 Å². The summed E-state index contributed by atoms with van der Waals surface area (Å²) in [6.45, 7) is 2.91. The molecular weight excluding hydrogens is 370 g/mol. The molecular formula is C20H18F2N2O2S. The third-order valence-corrected chi connectivity index (χ3v) is 5.58. The summed E-state index contributed by atoms with van der Waals surface area (Å²) in [4.78, 5) is 19.0. The van der Waals surface area contributed by atoms with E-state index in [-0.39, 0.29) is 17.5 Å². The number of hydrogen-bond donors (Lipinski definition) is 0. The quantitative estimate of drug-likeness (QED) is 0.650. The highest BCUT2D eigenvalue weighted by molar-refractivity contribution is 7.22. The molecule has 1 aromatic heterocycles. The van der Waals surface area contributed by atoms with E-state index in [0.717, 1.165) is 35.8 Å². The lowest BCUT2D eigenvalue weighted by atomic mass is 10.1. The topological polar surface area (TPSA) is 42.4 Å². The van der Waals surface area contributed by atoms with Crippen molar-refractivity contribution in [1.29, 1.82) is 0 Å². The average Bonchev–Trinajstić information content (AvgIpc) is 3.28. The molecule has 1 saturated heterocycles. The van der Waals surface area contributed by atoms with E-state index in [9.17, 15) is 13.6 Å². The van der Waals surface area contributed by atoms with E-state index in [1.54, 1.807) is 12.1 Å². The molecule has 7 heteroatoms. The number of fused-ring (bicyclic) bond motifs is 1. The van der Waals surface area contributed by atoms with Gasteiger partial charge in [-0.2, -0.15) is 0 Å². The number of nitrogens with zero attached hydrogens (tertiary/aromatic N) is 2. The summed E-state index contributed by atoms with van der Waals surface area (Å²) >= 11 is 1.10. The number of anilines is 1. The van der Waals surface area contributed by atoms with Crippen molar-refractivity contribution in [3.05, 3.63) is 59.2 Å². The molecule has 2 aromatic carbocycles. The zero-order chi connectivity index (χ0) is 19.0. The maximum absolute atomic E-state index is 14.1. The fraction of sp³-hybridized carbons (Fsp3) is 0.300. The lowest BCUT2D eigenvalue weighted by Crippen LogP contribution is -2.37. The summed E-state index contributed by atoms with van der Waals surface area (Å²) in [5.41, 5.74) is 1.57. The van der Waals surface area contributed by atoms with Gasteiger partial charge < -0.3 is 4.74 Å². The molecule has 0 saturated carbocycles. The molecule has 1 amide bonds.